The fraction of sp³-hybridized carbons (Fsp3) is 0. The second-order valence-electron chi connectivity index (χ2n) is 4.68. The number of halogens is 2. The molecule has 3 aromatic rings. The molecule has 0 aliphatic carbocycles. The van der Waals surface area contributed by atoms with Gasteiger partial charge in [-0.05, 0) is 29.7 Å². The van der Waals surface area contributed by atoms with Crippen molar-refractivity contribution in [1.82, 2.24) is 4.57 Å². The molecule has 22 heavy (non-hydrogen) atoms. The van der Waals surface area contributed by atoms with E-state index in [9.17, 15) is 9.90 Å². The Balaban J connectivity index is 2.55. The average Bonchev–Trinajstić information content (AvgIpc) is 2.48. The average molecular weight is 333 g/mol. The van der Waals surface area contributed by atoms with E-state index in [0.717, 1.165) is 0 Å². The molecule has 2 aromatic carbocycles. The number of fused-ring (bicyclic) bond motifs is 1. The summed E-state index contributed by atoms with van der Waals surface area (Å²) in [6.07, 6.45) is 0. The summed E-state index contributed by atoms with van der Waals surface area (Å²) in [5.41, 5.74) is 0.763. The minimum absolute atomic E-state index is 0.116. The normalized spacial score (nSPS) is 10.8. The number of nitrogens with zero attached hydrogens (tertiary/aromatic N) is 1. The van der Waals surface area contributed by atoms with E-state index in [1.165, 1.54) is 10.6 Å². The van der Waals surface area contributed by atoms with Gasteiger partial charge in [0.25, 0.3) is 0 Å². The number of carboxylic acid groups (broad SMARTS) is 1. The van der Waals surface area contributed by atoms with Gasteiger partial charge in [-0.15, -0.1) is 0 Å². The van der Waals surface area contributed by atoms with Gasteiger partial charge in [-0.2, -0.15) is 0 Å². The minimum atomic E-state index is -1.17. The third-order valence-corrected chi connectivity index (χ3v) is 3.96. The van der Waals surface area contributed by atoms with Gasteiger partial charge in [-0.1, -0.05) is 47.5 Å². The van der Waals surface area contributed by atoms with Crippen LogP contribution in [0.25, 0.3) is 16.6 Å². The summed E-state index contributed by atoms with van der Waals surface area (Å²) < 4.78 is 1.46. The predicted molar refractivity (Wildman–Crippen MR) is 86.1 cm³/mol. The van der Waals surface area contributed by atoms with Gasteiger partial charge in [-0.3, -0.25) is 9.98 Å². The van der Waals surface area contributed by atoms with Gasteiger partial charge in [0.2, 0.25) is 0 Å². The van der Waals surface area contributed by atoms with Crippen LogP contribution in [0, 0.1) is 5.41 Å². The van der Waals surface area contributed by atoms with E-state index in [-0.39, 0.29) is 11.1 Å². The summed E-state index contributed by atoms with van der Waals surface area (Å²) in [6, 6.07) is 13.7. The molecule has 0 atom stereocenters. The zero-order valence-electron chi connectivity index (χ0n) is 11.2. The molecule has 0 saturated carbocycles. The molecule has 6 heteroatoms. The Hall–Kier alpha value is -2.30. The smallest absolute Gasteiger partial charge is 0.339 e. The maximum Gasteiger partial charge on any atom is 0.339 e. The highest BCUT2D eigenvalue weighted by Gasteiger charge is 2.16. The lowest BCUT2D eigenvalue weighted by Gasteiger charge is -2.16. The number of carbonyl (C=O) groups is 1. The fourth-order valence-electron chi connectivity index (χ4n) is 2.38. The molecule has 1 heterocycles. The fourth-order valence-corrected chi connectivity index (χ4v) is 2.94. The third kappa shape index (κ3) is 2.26. The number of nitrogens with one attached hydrogen (secondary N) is 1. The molecule has 1 aromatic heterocycles. The molecule has 2 N–H and O–H groups in total. The van der Waals surface area contributed by atoms with Crippen molar-refractivity contribution in [3.8, 4) is 5.69 Å². The molecule has 0 fully saturated rings. The molecule has 0 aliphatic rings. The van der Waals surface area contributed by atoms with Crippen molar-refractivity contribution < 1.29 is 9.90 Å². The number of hydrogen-bond acceptors (Lipinski definition) is 2. The number of carboxylic acids is 1. The lowest BCUT2D eigenvalue weighted by Crippen LogP contribution is -2.26. The highest BCUT2D eigenvalue weighted by atomic mass is 35.5. The van der Waals surface area contributed by atoms with Crippen molar-refractivity contribution in [1.29, 1.82) is 5.41 Å². The number of para-hydroxylation sites is 2. The topological polar surface area (TPSA) is 66.1 Å². The first-order valence-electron chi connectivity index (χ1n) is 6.38. The summed E-state index contributed by atoms with van der Waals surface area (Å²) in [6.45, 7) is 0. The van der Waals surface area contributed by atoms with E-state index >= 15 is 0 Å². The van der Waals surface area contributed by atoms with Crippen LogP contribution in [0.4, 0.5) is 0 Å². The van der Waals surface area contributed by atoms with E-state index in [1.54, 1.807) is 36.4 Å². The van der Waals surface area contributed by atoms with E-state index in [4.69, 9.17) is 28.6 Å². The van der Waals surface area contributed by atoms with Gasteiger partial charge < -0.3 is 5.11 Å². The molecule has 0 radical (unpaired) electrons. The van der Waals surface area contributed by atoms with Gasteiger partial charge in [0.15, 0.2) is 0 Å². The van der Waals surface area contributed by atoms with E-state index in [1.807, 2.05) is 6.07 Å². The number of benzene rings is 2. The first-order valence-corrected chi connectivity index (χ1v) is 7.13. The van der Waals surface area contributed by atoms with E-state index in [2.05, 4.69) is 0 Å². The van der Waals surface area contributed by atoms with Crippen LogP contribution in [0.2, 0.25) is 10.0 Å². The second kappa shape index (κ2) is 5.48. The van der Waals surface area contributed by atoms with Gasteiger partial charge in [0.05, 0.1) is 21.2 Å². The van der Waals surface area contributed by atoms with Crippen molar-refractivity contribution >= 4 is 40.1 Å². The summed E-state index contributed by atoms with van der Waals surface area (Å²) in [5.74, 6) is -1.17. The van der Waals surface area contributed by atoms with Crippen LogP contribution in [0.1, 0.15) is 10.4 Å². The molecule has 0 unspecified atom stereocenters. The standard InChI is InChI=1S/C16H10Cl2N2O2/c17-11-5-3-6-12(18)14(11)20-13-7-2-1-4-9(13)8-10(15(20)19)16(21)22/h1-8,19H,(H,21,22). The predicted octanol–water partition coefficient (Wildman–Crippen LogP) is 4.11. The molecule has 0 amide bonds. The summed E-state index contributed by atoms with van der Waals surface area (Å²) in [5, 5.41) is 19.0. The highest BCUT2D eigenvalue weighted by Crippen LogP contribution is 2.30. The van der Waals surface area contributed by atoms with Gasteiger partial charge in [-0.25, -0.2) is 4.79 Å². The third-order valence-electron chi connectivity index (χ3n) is 3.35. The van der Waals surface area contributed by atoms with Crippen molar-refractivity contribution in [3.63, 3.8) is 0 Å². The summed E-state index contributed by atoms with van der Waals surface area (Å²) in [7, 11) is 0. The van der Waals surface area contributed by atoms with Crippen LogP contribution in [-0.2, 0) is 0 Å². The Bertz CT molecular complexity index is 944. The van der Waals surface area contributed by atoms with Crippen LogP contribution in [0.15, 0.2) is 48.5 Å². The number of pyridine rings is 1. The van der Waals surface area contributed by atoms with Crippen molar-refractivity contribution in [3.05, 3.63) is 69.6 Å². The number of rotatable bonds is 2. The molecule has 4 nitrogen and oxygen atoms in total. The molecule has 0 saturated heterocycles. The second-order valence-corrected chi connectivity index (χ2v) is 5.49. The largest absolute Gasteiger partial charge is 0.478 e. The Morgan fingerprint density at radius 3 is 2.32 bits per heavy atom. The first kappa shape index (κ1) is 14.6. The van der Waals surface area contributed by atoms with Crippen LogP contribution in [-0.4, -0.2) is 15.6 Å². The lowest BCUT2D eigenvalue weighted by atomic mass is 10.1. The van der Waals surface area contributed by atoms with Crippen molar-refractivity contribution in [2.45, 2.75) is 0 Å². The first-order chi connectivity index (χ1) is 10.5. The molecule has 0 spiro atoms. The van der Waals surface area contributed by atoms with Crippen LogP contribution < -0.4 is 5.49 Å². The zero-order valence-corrected chi connectivity index (χ0v) is 12.7. The van der Waals surface area contributed by atoms with Gasteiger partial charge >= 0.3 is 5.97 Å². The quantitative estimate of drug-likeness (QED) is 0.741. The molecule has 0 aliphatic heterocycles. The Labute approximate surface area is 135 Å². The molecule has 110 valence electrons. The van der Waals surface area contributed by atoms with E-state index < -0.39 is 5.97 Å². The highest BCUT2D eigenvalue weighted by molar-refractivity contribution is 6.37. The summed E-state index contributed by atoms with van der Waals surface area (Å²) in [4.78, 5) is 11.4. The van der Waals surface area contributed by atoms with E-state index in [0.29, 0.717) is 26.6 Å². The molecular formula is C16H10Cl2N2O2. The van der Waals surface area contributed by atoms with Crippen molar-refractivity contribution in [2.75, 3.05) is 0 Å². The van der Waals surface area contributed by atoms with Gasteiger partial charge in [0, 0.05) is 0 Å². The minimum Gasteiger partial charge on any atom is -0.478 e. The van der Waals surface area contributed by atoms with Crippen LogP contribution in [0.5, 0.6) is 0 Å². The Morgan fingerprint density at radius 1 is 1.05 bits per heavy atom. The molecule has 3 rings (SSSR count). The molecule has 0 bridgehead atoms. The lowest BCUT2D eigenvalue weighted by molar-refractivity contribution is 0.0694. The maximum absolute atomic E-state index is 11.4. The van der Waals surface area contributed by atoms with Gasteiger partial charge in [0.1, 0.15) is 11.1 Å². The monoisotopic (exact) mass is 332 g/mol. The molecular weight excluding hydrogens is 323 g/mol. The van der Waals surface area contributed by atoms with Crippen LogP contribution in [0.3, 0.4) is 0 Å². The Kier molecular flexibility index (Phi) is 3.64. The Morgan fingerprint density at radius 2 is 1.68 bits per heavy atom. The zero-order chi connectivity index (χ0) is 15.9. The number of hydrogen-bond donors (Lipinski definition) is 2. The number of aromatic nitrogens is 1. The number of aromatic carboxylic acids is 1. The summed E-state index contributed by atoms with van der Waals surface area (Å²) >= 11 is 12.5. The maximum atomic E-state index is 11.4. The van der Waals surface area contributed by atoms with Crippen LogP contribution >= 0.6 is 23.2 Å². The van der Waals surface area contributed by atoms with Crippen molar-refractivity contribution in [2.24, 2.45) is 0 Å². The SMILES string of the molecule is N=c1c(C(=O)O)cc2ccccc2n1-c1c(Cl)cccc1Cl.